The van der Waals surface area contributed by atoms with Crippen LogP contribution in [0.2, 0.25) is 0 Å². The Kier molecular flexibility index (Phi) is 3.89. The van der Waals surface area contributed by atoms with Gasteiger partial charge in [-0.2, -0.15) is 9.97 Å². The molecule has 3 heterocycles. The second kappa shape index (κ2) is 6.34. The molecule has 3 aromatic rings. The van der Waals surface area contributed by atoms with E-state index in [1.54, 1.807) is 18.5 Å². The molecule has 9 heteroatoms. The molecule has 1 saturated carbocycles. The largest absolute Gasteiger partial charge is 0.349 e. The topological polar surface area (TPSA) is 111 Å². The molecule has 1 aliphatic carbocycles. The van der Waals surface area contributed by atoms with E-state index in [1.807, 2.05) is 0 Å². The van der Waals surface area contributed by atoms with E-state index in [0.29, 0.717) is 30.5 Å². The molecule has 0 spiro atoms. The Morgan fingerprint density at radius 2 is 2.21 bits per heavy atom. The van der Waals surface area contributed by atoms with E-state index in [2.05, 4.69) is 30.5 Å². The summed E-state index contributed by atoms with van der Waals surface area (Å²) >= 11 is 0. The fourth-order valence-corrected chi connectivity index (χ4v) is 2.90. The average molecular weight is 327 g/mol. The van der Waals surface area contributed by atoms with Gasteiger partial charge >= 0.3 is 0 Å². The normalized spacial score (nSPS) is 15.2. The Morgan fingerprint density at radius 1 is 1.33 bits per heavy atom. The number of carbonyl (C=O) groups excluding carboxylic acids is 1. The van der Waals surface area contributed by atoms with Gasteiger partial charge in [-0.3, -0.25) is 4.79 Å². The summed E-state index contributed by atoms with van der Waals surface area (Å²) in [6, 6.07) is 1.72. The van der Waals surface area contributed by atoms with E-state index in [-0.39, 0.29) is 11.7 Å². The first-order chi connectivity index (χ1) is 11.8. The van der Waals surface area contributed by atoms with E-state index in [1.165, 1.54) is 17.4 Å². The van der Waals surface area contributed by atoms with Gasteiger partial charge in [-0.05, 0) is 18.9 Å². The lowest BCUT2D eigenvalue weighted by molar-refractivity contribution is 0.0943. The van der Waals surface area contributed by atoms with Gasteiger partial charge in [0.15, 0.2) is 5.82 Å². The first-order valence-corrected chi connectivity index (χ1v) is 8.08. The summed E-state index contributed by atoms with van der Waals surface area (Å²) in [5.41, 5.74) is 0. The number of nitrogens with one attached hydrogen (secondary N) is 1. The number of amides is 1. The SMILES string of the molecule is O=C(NCCc1noc(C2CCCC2)n1)c1nc2ncccn2n1. The summed E-state index contributed by atoms with van der Waals surface area (Å²) in [7, 11) is 0. The van der Waals surface area contributed by atoms with Gasteiger partial charge in [0, 0.05) is 31.3 Å². The van der Waals surface area contributed by atoms with Gasteiger partial charge in [-0.1, -0.05) is 18.0 Å². The van der Waals surface area contributed by atoms with Gasteiger partial charge < -0.3 is 9.84 Å². The average Bonchev–Trinajstić information content (AvgIpc) is 3.33. The summed E-state index contributed by atoms with van der Waals surface area (Å²) in [5.74, 6) is 1.87. The highest BCUT2D eigenvalue weighted by Gasteiger charge is 2.23. The quantitative estimate of drug-likeness (QED) is 0.748. The maximum atomic E-state index is 12.1. The van der Waals surface area contributed by atoms with Crippen LogP contribution in [0, 0.1) is 0 Å². The molecule has 9 nitrogen and oxygen atoms in total. The van der Waals surface area contributed by atoms with Crippen LogP contribution in [0.1, 0.15) is 53.9 Å². The summed E-state index contributed by atoms with van der Waals surface area (Å²) in [6.45, 7) is 0.394. The minimum absolute atomic E-state index is 0.0912. The van der Waals surface area contributed by atoms with Gasteiger partial charge in [-0.25, -0.2) is 9.50 Å². The first-order valence-electron chi connectivity index (χ1n) is 8.08. The van der Waals surface area contributed by atoms with Crippen molar-refractivity contribution in [3.8, 4) is 0 Å². The number of hydrogen-bond acceptors (Lipinski definition) is 7. The number of aromatic nitrogens is 6. The van der Waals surface area contributed by atoms with Crippen LogP contribution in [0.3, 0.4) is 0 Å². The summed E-state index contributed by atoms with van der Waals surface area (Å²) < 4.78 is 6.78. The van der Waals surface area contributed by atoms with Crippen molar-refractivity contribution < 1.29 is 9.32 Å². The molecule has 1 fully saturated rings. The minimum atomic E-state index is -0.347. The third kappa shape index (κ3) is 2.97. The molecule has 0 aromatic carbocycles. The molecule has 0 unspecified atom stereocenters. The molecule has 4 rings (SSSR count). The third-order valence-electron chi connectivity index (χ3n) is 4.14. The molecule has 1 amide bonds. The predicted molar refractivity (Wildman–Crippen MR) is 82.3 cm³/mol. The van der Waals surface area contributed by atoms with E-state index in [4.69, 9.17) is 4.52 Å². The Bertz CT molecular complexity index is 817. The maximum absolute atomic E-state index is 12.1. The van der Waals surface area contributed by atoms with Crippen molar-refractivity contribution in [3.05, 3.63) is 36.0 Å². The number of carbonyl (C=O) groups is 1. The minimum Gasteiger partial charge on any atom is -0.349 e. The molecule has 3 aromatic heterocycles. The molecule has 0 atom stereocenters. The molecule has 0 aliphatic heterocycles. The standard InChI is InChI=1S/C15H17N7O2/c23-13(12-19-15-17-7-3-9-22(15)20-12)16-8-6-11-18-14(24-21-11)10-4-1-2-5-10/h3,7,9-10H,1-2,4-6,8H2,(H,16,23). The third-order valence-corrected chi connectivity index (χ3v) is 4.14. The lowest BCUT2D eigenvalue weighted by Crippen LogP contribution is -2.27. The first kappa shape index (κ1) is 14.7. The molecule has 0 radical (unpaired) electrons. The summed E-state index contributed by atoms with van der Waals surface area (Å²) in [5, 5.41) is 10.8. The Labute approximate surface area is 137 Å². The molecule has 124 valence electrons. The highest BCUT2D eigenvalue weighted by Crippen LogP contribution is 2.32. The van der Waals surface area contributed by atoms with Crippen molar-refractivity contribution in [2.75, 3.05) is 6.54 Å². The van der Waals surface area contributed by atoms with Crippen LogP contribution >= 0.6 is 0 Å². The fourth-order valence-electron chi connectivity index (χ4n) is 2.90. The van der Waals surface area contributed by atoms with Crippen LogP contribution in [-0.2, 0) is 6.42 Å². The molecular weight excluding hydrogens is 310 g/mol. The van der Waals surface area contributed by atoms with Crippen molar-refractivity contribution in [1.82, 2.24) is 35.0 Å². The van der Waals surface area contributed by atoms with Crippen molar-refractivity contribution in [2.24, 2.45) is 0 Å². The van der Waals surface area contributed by atoms with E-state index in [9.17, 15) is 4.79 Å². The molecular formula is C15H17N7O2. The molecule has 0 bridgehead atoms. The Balaban J connectivity index is 1.32. The monoisotopic (exact) mass is 327 g/mol. The van der Waals surface area contributed by atoms with Crippen molar-refractivity contribution >= 4 is 11.7 Å². The van der Waals surface area contributed by atoms with Crippen LogP contribution in [-0.4, -0.2) is 42.2 Å². The smallest absolute Gasteiger partial charge is 0.291 e. The van der Waals surface area contributed by atoms with Crippen LogP contribution in [0.25, 0.3) is 5.78 Å². The molecule has 24 heavy (non-hydrogen) atoms. The zero-order valence-electron chi connectivity index (χ0n) is 13.1. The van der Waals surface area contributed by atoms with Crippen LogP contribution < -0.4 is 5.32 Å². The number of rotatable bonds is 5. The summed E-state index contributed by atoms with van der Waals surface area (Å²) in [4.78, 5) is 24.6. The highest BCUT2D eigenvalue weighted by molar-refractivity contribution is 5.90. The van der Waals surface area contributed by atoms with Crippen LogP contribution in [0.15, 0.2) is 23.0 Å². The van der Waals surface area contributed by atoms with Gasteiger partial charge in [0.2, 0.25) is 11.7 Å². The maximum Gasteiger partial charge on any atom is 0.291 e. The van der Waals surface area contributed by atoms with Gasteiger partial charge in [0.25, 0.3) is 11.7 Å². The van der Waals surface area contributed by atoms with Crippen LogP contribution in [0.5, 0.6) is 0 Å². The Morgan fingerprint density at radius 3 is 3.04 bits per heavy atom. The lowest BCUT2D eigenvalue weighted by Gasteiger charge is -2.00. The summed E-state index contributed by atoms with van der Waals surface area (Å²) in [6.07, 6.45) is 8.48. The van der Waals surface area contributed by atoms with Gasteiger partial charge in [-0.15, -0.1) is 5.10 Å². The van der Waals surface area contributed by atoms with Crippen molar-refractivity contribution in [3.63, 3.8) is 0 Å². The molecule has 1 aliphatic rings. The zero-order valence-corrected chi connectivity index (χ0v) is 13.1. The lowest BCUT2D eigenvalue weighted by atomic mass is 10.1. The van der Waals surface area contributed by atoms with E-state index < -0.39 is 0 Å². The fraction of sp³-hybridized carbons (Fsp3) is 0.467. The number of nitrogens with zero attached hydrogens (tertiary/aromatic N) is 6. The number of hydrogen-bond donors (Lipinski definition) is 1. The van der Waals surface area contributed by atoms with Crippen molar-refractivity contribution in [1.29, 1.82) is 0 Å². The van der Waals surface area contributed by atoms with E-state index >= 15 is 0 Å². The number of fused-ring (bicyclic) bond motifs is 1. The van der Waals surface area contributed by atoms with Crippen molar-refractivity contribution in [2.45, 2.75) is 38.0 Å². The van der Waals surface area contributed by atoms with Crippen LogP contribution in [0.4, 0.5) is 0 Å². The van der Waals surface area contributed by atoms with Gasteiger partial charge in [0.05, 0.1) is 0 Å². The Hall–Kier alpha value is -2.84. The van der Waals surface area contributed by atoms with E-state index in [0.717, 1.165) is 18.7 Å². The zero-order chi connectivity index (χ0) is 16.4. The molecule has 0 saturated heterocycles. The highest BCUT2D eigenvalue weighted by atomic mass is 16.5. The predicted octanol–water partition coefficient (Wildman–Crippen LogP) is 1.14. The second-order valence-corrected chi connectivity index (χ2v) is 5.84. The molecule has 1 N–H and O–H groups in total. The second-order valence-electron chi connectivity index (χ2n) is 5.84. The van der Waals surface area contributed by atoms with Gasteiger partial charge in [0.1, 0.15) is 0 Å².